The number of hydrogen-bond donors (Lipinski definition) is 0. The smallest absolute Gasteiger partial charge is 0.238 e. The Morgan fingerprint density at radius 3 is 2.00 bits per heavy atom. The molecule has 224 valence electrons. The van der Waals surface area contributed by atoms with E-state index in [0.717, 1.165) is 54.5 Å². The minimum Gasteiger partial charge on any atom is -0.455 e. The molecule has 0 radical (unpaired) electrons. The topological polar surface area (TPSA) is 56.7 Å². The zero-order chi connectivity index (χ0) is 36.0. The van der Waals surface area contributed by atoms with Crippen molar-refractivity contribution in [3.05, 3.63) is 158 Å². The lowest BCUT2D eigenvalue weighted by atomic mass is 9.98. The van der Waals surface area contributed by atoms with Gasteiger partial charge in [-0.05, 0) is 40.6 Å². The van der Waals surface area contributed by atoms with Crippen LogP contribution in [0.25, 0.3) is 94.4 Å². The molecule has 0 fully saturated rings. The second-order valence-electron chi connectivity index (χ2n) is 11.7. The van der Waals surface area contributed by atoms with E-state index in [9.17, 15) is 0 Å². The zero-order valence-corrected chi connectivity index (χ0v) is 25.3. The molecular formula is C43H26N4O. The molecule has 5 heteroatoms. The first-order valence-electron chi connectivity index (χ1n) is 18.1. The van der Waals surface area contributed by atoms with Crippen molar-refractivity contribution in [1.82, 2.24) is 19.5 Å². The monoisotopic (exact) mass is 619 g/mol. The van der Waals surface area contributed by atoms with E-state index in [1.165, 1.54) is 0 Å². The molecule has 3 heterocycles. The van der Waals surface area contributed by atoms with Crippen LogP contribution in [-0.2, 0) is 0 Å². The second-order valence-corrected chi connectivity index (χ2v) is 11.7. The maximum absolute atomic E-state index is 8.83. The number of rotatable bonds is 4. The first-order valence-corrected chi connectivity index (χ1v) is 15.6. The Bertz CT molecular complexity index is 3070. The molecule has 3 aromatic heterocycles. The van der Waals surface area contributed by atoms with Gasteiger partial charge in [0.1, 0.15) is 11.2 Å². The van der Waals surface area contributed by atoms with Crippen LogP contribution in [0.4, 0.5) is 0 Å². The fourth-order valence-corrected chi connectivity index (χ4v) is 6.82. The Labute approximate surface area is 282 Å². The average molecular weight is 620 g/mol. The van der Waals surface area contributed by atoms with Crippen LogP contribution < -0.4 is 0 Å². The predicted molar refractivity (Wildman–Crippen MR) is 195 cm³/mol. The van der Waals surface area contributed by atoms with Crippen LogP contribution >= 0.6 is 0 Å². The molecule has 0 aliphatic rings. The molecule has 0 saturated carbocycles. The van der Waals surface area contributed by atoms with Gasteiger partial charge in [-0.1, -0.05) is 133 Å². The first-order chi connectivity index (χ1) is 25.9. The quantitative estimate of drug-likeness (QED) is 0.197. The summed E-state index contributed by atoms with van der Waals surface area (Å²) in [5, 5.41) is 5.93. The highest BCUT2D eigenvalue weighted by molar-refractivity contribution is 6.15. The molecule has 10 aromatic rings. The largest absolute Gasteiger partial charge is 0.455 e. The summed E-state index contributed by atoms with van der Waals surface area (Å²) >= 11 is 0. The summed E-state index contributed by atoms with van der Waals surface area (Å²) in [6.45, 7) is 0. The van der Waals surface area contributed by atoms with Gasteiger partial charge in [-0.15, -0.1) is 0 Å². The van der Waals surface area contributed by atoms with E-state index >= 15 is 0 Å². The van der Waals surface area contributed by atoms with Gasteiger partial charge in [-0.2, -0.15) is 9.97 Å². The molecule has 0 aliphatic carbocycles. The fraction of sp³-hybridized carbons (Fsp3) is 0. The second kappa shape index (κ2) is 10.5. The van der Waals surface area contributed by atoms with E-state index in [1.807, 2.05) is 102 Å². The summed E-state index contributed by atoms with van der Waals surface area (Å²) in [4.78, 5) is 14.8. The molecule has 48 heavy (non-hydrogen) atoms. The highest BCUT2D eigenvalue weighted by atomic mass is 16.3. The van der Waals surface area contributed by atoms with Gasteiger partial charge in [0.15, 0.2) is 11.6 Å². The highest BCUT2D eigenvalue weighted by Gasteiger charge is 2.21. The summed E-state index contributed by atoms with van der Waals surface area (Å²) in [5.41, 5.74) is 5.56. The molecular weight excluding hydrogens is 589 g/mol. The van der Waals surface area contributed by atoms with Crippen molar-refractivity contribution >= 4 is 54.5 Å². The van der Waals surface area contributed by atoms with Gasteiger partial charge in [0.25, 0.3) is 0 Å². The molecule has 0 spiro atoms. The van der Waals surface area contributed by atoms with Crippen molar-refractivity contribution in [2.24, 2.45) is 0 Å². The SMILES string of the molecule is [2H]c1c([2H])c([2H])c(-c2nc(-c3cccc4oc5c(-c6ccc7ccccc7c6)cccc5c34)nc(-n3c4ccccc4c4ccccc43)n2)c([2H])c1[2H]. The highest BCUT2D eigenvalue weighted by Crippen LogP contribution is 2.41. The molecule has 7 aromatic carbocycles. The summed E-state index contributed by atoms with van der Waals surface area (Å²) in [6, 6.07) is 40.1. The average Bonchev–Trinajstić information content (AvgIpc) is 3.75. The minimum absolute atomic E-state index is 0.0366. The van der Waals surface area contributed by atoms with Crippen LogP contribution in [0.5, 0.6) is 0 Å². The predicted octanol–water partition coefficient (Wildman–Crippen LogP) is 11.0. The van der Waals surface area contributed by atoms with Crippen molar-refractivity contribution in [3.63, 3.8) is 0 Å². The number of para-hydroxylation sites is 3. The molecule has 5 nitrogen and oxygen atoms in total. The van der Waals surface area contributed by atoms with Gasteiger partial charge >= 0.3 is 0 Å². The Morgan fingerprint density at radius 1 is 0.521 bits per heavy atom. The standard InChI is InChI=1S/C43H26N4O/c1-2-13-28(14-3-1)41-44-42(46-43(45-41)47-36-21-8-6-16-32(36)33-17-7-9-22-37(33)47)35-20-11-23-38-39(35)34-19-10-18-31(40(34)48-38)30-25-24-27-12-4-5-15-29(27)26-30/h1-26H/i1D,2D,3D,13D,14D. The third-order valence-electron chi connectivity index (χ3n) is 8.95. The molecule has 0 aliphatic heterocycles. The van der Waals surface area contributed by atoms with Gasteiger partial charge in [-0.25, -0.2) is 4.98 Å². The number of nitrogens with zero attached hydrogens (tertiary/aromatic N) is 4. The van der Waals surface area contributed by atoms with Crippen molar-refractivity contribution < 1.29 is 11.3 Å². The minimum atomic E-state index is -0.488. The van der Waals surface area contributed by atoms with Gasteiger partial charge < -0.3 is 4.42 Å². The first kappa shape index (κ1) is 22.0. The molecule has 10 rings (SSSR count). The van der Waals surface area contributed by atoms with Crippen LogP contribution in [0.1, 0.15) is 6.85 Å². The lowest BCUT2D eigenvalue weighted by Gasteiger charge is -2.11. The number of furan rings is 1. The Morgan fingerprint density at radius 2 is 1.19 bits per heavy atom. The molecule has 0 atom stereocenters. The Balaban J connectivity index is 1.28. The molecule has 0 unspecified atom stereocenters. The van der Waals surface area contributed by atoms with Gasteiger partial charge in [0, 0.05) is 38.2 Å². The van der Waals surface area contributed by atoms with Crippen LogP contribution in [0.2, 0.25) is 0 Å². The maximum Gasteiger partial charge on any atom is 0.238 e. The Kier molecular flexibility index (Phi) is 4.81. The van der Waals surface area contributed by atoms with Gasteiger partial charge in [0.05, 0.1) is 17.9 Å². The van der Waals surface area contributed by atoms with Crippen molar-refractivity contribution in [3.8, 4) is 39.9 Å². The van der Waals surface area contributed by atoms with Gasteiger partial charge in [0.2, 0.25) is 5.95 Å². The van der Waals surface area contributed by atoms with E-state index < -0.39 is 30.2 Å². The molecule has 0 bridgehead atoms. The lowest BCUT2D eigenvalue weighted by Crippen LogP contribution is -2.06. The fourth-order valence-electron chi connectivity index (χ4n) is 6.82. The van der Waals surface area contributed by atoms with Gasteiger partial charge in [-0.3, -0.25) is 4.57 Å². The van der Waals surface area contributed by atoms with E-state index in [0.29, 0.717) is 16.7 Å². The van der Waals surface area contributed by atoms with E-state index in [-0.39, 0.29) is 23.2 Å². The molecule has 0 amide bonds. The lowest BCUT2D eigenvalue weighted by molar-refractivity contribution is 0.670. The molecule has 0 N–H and O–H groups in total. The van der Waals surface area contributed by atoms with Crippen molar-refractivity contribution in [2.75, 3.05) is 0 Å². The number of benzene rings is 7. The summed E-state index contributed by atoms with van der Waals surface area (Å²) < 4.78 is 51.3. The molecule has 0 saturated heterocycles. The normalized spacial score (nSPS) is 13.2. The van der Waals surface area contributed by atoms with E-state index in [4.69, 9.17) is 26.2 Å². The number of hydrogen-bond acceptors (Lipinski definition) is 4. The Hall–Kier alpha value is -6.59. The van der Waals surface area contributed by atoms with Crippen LogP contribution in [0, 0.1) is 0 Å². The third-order valence-corrected chi connectivity index (χ3v) is 8.95. The summed E-state index contributed by atoms with van der Waals surface area (Å²) in [5.74, 6) is 0.476. The van der Waals surface area contributed by atoms with Crippen molar-refractivity contribution in [1.29, 1.82) is 0 Å². The third kappa shape index (κ3) is 4.08. The zero-order valence-electron chi connectivity index (χ0n) is 30.3. The van der Waals surface area contributed by atoms with Crippen molar-refractivity contribution in [2.45, 2.75) is 0 Å². The van der Waals surface area contributed by atoms with Crippen LogP contribution in [0.3, 0.4) is 0 Å². The van der Waals surface area contributed by atoms with Crippen LogP contribution in [0.15, 0.2) is 162 Å². The number of aromatic nitrogens is 4. The van der Waals surface area contributed by atoms with E-state index in [1.54, 1.807) is 0 Å². The van der Waals surface area contributed by atoms with E-state index in [2.05, 4.69) is 30.3 Å². The maximum atomic E-state index is 8.83. The number of fused-ring (bicyclic) bond motifs is 7. The van der Waals surface area contributed by atoms with Crippen LogP contribution in [-0.4, -0.2) is 19.5 Å². The summed E-state index contributed by atoms with van der Waals surface area (Å²) in [7, 11) is 0. The summed E-state index contributed by atoms with van der Waals surface area (Å²) in [6.07, 6.45) is 0.